The molecule has 1 spiro atoms. The Bertz CT molecular complexity index is 1060. The van der Waals surface area contributed by atoms with Crippen molar-refractivity contribution in [2.24, 2.45) is 0 Å². The lowest BCUT2D eigenvalue weighted by Gasteiger charge is -2.24. The molecule has 6 heteroatoms. The zero-order valence-electron chi connectivity index (χ0n) is 14.8. The van der Waals surface area contributed by atoms with Gasteiger partial charge >= 0.3 is 0 Å². The first kappa shape index (κ1) is 16.0. The van der Waals surface area contributed by atoms with Gasteiger partial charge in [0.2, 0.25) is 11.4 Å². The van der Waals surface area contributed by atoms with E-state index in [0.717, 1.165) is 16.8 Å². The maximum Gasteiger partial charge on any atom is 0.268 e. The highest BCUT2D eigenvalue weighted by atomic mass is 16.5. The molecule has 0 bridgehead atoms. The number of aromatic nitrogens is 2. The smallest absolute Gasteiger partial charge is 0.268 e. The van der Waals surface area contributed by atoms with Crippen molar-refractivity contribution in [1.29, 1.82) is 0 Å². The van der Waals surface area contributed by atoms with Crippen LogP contribution in [0.4, 0.5) is 5.69 Å². The number of carbonyl (C=O) groups excluding carboxylic acids is 1. The Morgan fingerprint density at radius 3 is 2.70 bits per heavy atom. The lowest BCUT2D eigenvalue weighted by Crippen LogP contribution is -2.41. The Morgan fingerprint density at radius 1 is 1.11 bits per heavy atom. The molecule has 0 aliphatic carbocycles. The molecule has 6 nitrogen and oxygen atoms in total. The summed E-state index contributed by atoms with van der Waals surface area (Å²) in [6.07, 6.45) is 1.86. The van der Waals surface area contributed by atoms with Gasteiger partial charge in [-0.1, -0.05) is 53.7 Å². The van der Waals surface area contributed by atoms with Crippen molar-refractivity contribution in [3.05, 3.63) is 72.1 Å². The molecular formula is C21H17N3O3. The van der Waals surface area contributed by atoms with Gasteiger partial charge in [-0.15, -0.1) is 0 Å². The Labute approximate surface area is 156 Å². The van der Waals surface area contributed by atoms with Crippen molar-refractivity contribution < 1.29 is 14.1 Å². The van der Waals surface area contributed by atoms with Crippen LogP contribution < -0.4 is 4.90 Å². The number of hydrogen-bond acceptors (Lipinski definition) is 5. The van der Waals surface area contributed by atoms with Gasteiger partial charge in [0.25, 0.3) is 11.8 Å². The molecule has 1 atom stereocenters. The zero-order chi connectivity index (χ0) is 18.4. The molecule has 1 amide bonds. The number of anilines is 1. The molecule has 3 aromatic rings. The second-order valence-corrected chi connectivity index (χ2v) is 6.47. The Kier molecular flexibility index (Phi) is 3.48. The summed E-state index contributed by atoms with van der Waals surface area (Å²) >= 11 is 0. The van der Waals surface area contributed by atoms with Crippen LogP contribution in [-0.2, 0) is 15.1 Å². The summed E-state index contributed by atoms with van der Waals surface area (Å²) in [5.41, 5.74) is 1.94. The fourth-order valence-electron chi connectivity index (χ4n) is 3.88. The predicted molar refractivity (Wildman–Crippen MR) is 99.8 cm³/mol. The lowest BCUT2D eigenvalue weighted by molar-refractivity contribution is -0.133. The van der Waals surface area contributed by atoms with Gasteiger partial charge in [0.05, 0.1) is 17.9 Å². The van der Waals surface area contributed by atoms with Gasteiger partial charge in [-0.2, -0.15) is 4.98 Å². The minimum Gasteiger partial charge on any atom is -0.351 e. The third-order valence-electron chi connectivity index (χ3n) is 5.09. The second-order valence-electron chi connectivity index (χ2n) is 6.47. The van der Waals surface area contributed by atoms with Gasteiger partial charge in [-0.05, 0) is 19.1 Å². The van der Waals surface area contributed by atoms with E-state index in [2.05, 4.69) is 10.1 Å². The summed E-state index contributed by atoms with van der Waals surface area (Å²) in [7, 11) is 0. The van der Waals surface area contributed by atoms with Crippen LogP contribution in [0.15, 0.2) is 65.2 Å². The monoisotopic (exact) mass is 359 g/mol. The second kappa shape index (κ2) is 5.89. The molecule has 0 saturated heterocycles. The van der Waals surface area contributed by atoms with Crippen molar-refractivity contribution in [3.8, 4) is 11.4 Å². The normalized spacial score (nSPS) is 21.0. The molecule has 0 saturated carbocycles. The molecule has 2 aromatic carbocycles. The fourth-order valence-corrected chi connectivity index (χ4v) is 3.88. The van der Waals surface area contributed by atoms with Gasteiger partial charge in [0.1, 0.15) is 0 Å². The number of amides is 1. The van der Waals surface area contributed by atoms with Crippen molar-refractivity contribution in [3.63, 3.8) is 0 Å². The molecule has 1 unspecified atom stereocenters. The highest BCUT2D eigenvalue weighted by Gasteiger charge is 2.57. The van der Waals surface area contributed by atoms with Crippen molar-refractivity contribution >= 4 is 17.2 Å². The number of para-hydroxylation sites is 1. The van der Waals surface area contributed by atoms with Crippen molar-refractivity contribution in [2.75, 3.05) is 18.1 Å². The Hall–Kier alpha value is -3.25. The molecule has 27 heavy (non-hydrogen) atoms. The Balaban J connectivity index is 1.63. The Morgan fingerprint density at radius 2 is 1.89 bits per heavy atom. The van der Waals surface area contributed by atoms with E-state index >= 15 is 0 Å². The van der Waals surface area contributed by atoms with E-state index in [4.69, 9.17) is 9.26 Å². The molecular weight excluding hydrogens is 342 g/mol. The number of carbonyl (C=O) groups is 1. The molecule has 2 aliphatic rings. The minimum absolute atomic E-state index is 0.116. The van der Waals surface area contributed by atoms with Crippen LogP contribution in [0.25, 0.3) is 17.0 Å². The van der Waals surface area contributed by atoms with E-state index in [1.165, 1.54) is 0 Å². The van der Waals surface area contributed by atoms with Gasteiger partial charge in [0.15, 0.2) is 0 Å². The van der Waals surface area contributed by atoms with Crippen LogP contribution in [0, 0.1) is 0 Å². The summed E-state index contributed by atoms with van der Waals surface area (Å²) in [4.78, 5) is 19.6. The first-order chi connectivity index (χ1) is 13.3. The third-order valence-corrected chi connectivity index (χ3v) is 5.09. The average molecular weight is 359 g/mol. The van der Waals surface area contributed by atoms with Gasteiger partial charge < -0.3 is 14.2 Å². The van der Waals surface area contributed by atoms with Crippen molar-refractivity contribution in [2.45, 2.75) is 12.5 Å². The molecule has 5 rings (SSSR count). The summed E-state index contributed by atoms with van der Waals surface area (Å²) in [5, 5.41) is 4.10. The molecule has 3 heterocycles. The molecule has 1 aromatic heterocycles. The number of rotatable bonds is 3. The van der Waals surface area contributed by atoms with Gasteiger partial charge in [-0.3, -0.25) is 4.79 Å². The first-order valence-corrected chi connectivity index (χ1v) is 8.91. The fraction of sp³-hybridized carbons (Fsp3) is 0.190. The maximum atomic E-state index is 13.3. The highest BCUT2D eigenvalue weighted by Crippen LogP contribution is 2.52. The van der Waals surface area contributed by atoms with Gasteiger partial charge in [-0.25, -0.2) is 0 Å². The van der Waals surface area contributed by atoms with Gasteiger partial charge in [0, 0.05) is 17.7 Å². The minimum atomic E-state index is -1.22. The van der Waals surface area contributed by atoms with Crippen LogP contribution in [0.1, 0.15) is 18.4 Å². The first-order valence-electron chi connectivity index (χ1n) is 8.91. The largest absolute Gasteiger partial charge is 0.351 e. The van der Waals surface area contributed by atoms with Crippen LogP contribution in [0.3, 0.4) is 0 Å². The van der Waals surface area contributed by atoms with Crippen LogP contribution in [0.2, 0.25) is 0 Å². The third kappa shape index (κ3) is 2.13. The van der Waals surface area contributed by atoms with Crippen LogP contribution in [-0.4, -0.2) is 29.2 Å². The number of fused-ring (bicyclic) bond motifs is 2. The van der Waals surface area contributed by atoms with E-state index in [-0.39, 0.29) is 5.91 Å². The molecule has 134 valence electrons. The molecule has 2 aliphatic heterocycles. The topological polar surface area (TPSA) is 68.5 Å². The summed E-state index contributed by atoms with van der Waals surface area (Å²) in [6, 6.07) is 17.3. The average Bonchev–Trinajstić information content (AvgIpc) is 3.42. The van der Waals surface area contributed by atoms with E-state index in [9.17, 15) is 4.79 Å². The number of likely N-dealkylation sites (N-methyl/N-ethyl adjacent to an activating group) is 1. The maximum absolute atomic E-state index is 13.3. The SMILES string of the molecule is CCN1C(=O)C2(OCC=C2c2nc(-c3ccccc3)no2)c2ccccc21. The molecule has 0 radical (unpaired) electrons. The van der Waals surface area contributed by atoms with E-state index in [0.29, 0.717) is 30.4 Å². The standard InChI is InChI=1S/C21H17N3O3/c1-2-24-17-11-7-6-10-15(17)21(20(24)25)16(12-13-26-21)19-22-18(23-27-19)14-8-4-3-5-9-14/h3-12H,2,13H2,1H3. The zero-order valence-corrected chi connectivity index (χ0v) is 14.8. The van der Waals surface area contributed by atoms with E-state index < -0.39 is 5.60 Å². The predicted octanol–water partition coefficient (Wildman–Crippen LogP) is 3.41. The van der Waals surface area contributed by atoms with Crippen LogP contribution >= 0.6 is 0 Å². The number of nitrogens with zero attached hydrogens (tertiary/aromatic N) is 3. The quantitative estimate of drug-likeness (QED) is 0.717. The molecule has 0 N–H and O–H groups in total. The van der Waals surface area contributed by atoms with E-state index in [1.54, 1.807) is 4.90 Å². The van der Waals surface area contributed by atoms with E-state index in [1.807, 2.05) is 67.6 Å². The summed E-state index contributed by atoms with van der Waals surface area (Å²) < 4.78 is 11.6. The number of benzene rings is 2. The lowest BCUT2D eigenvalue weighted by atomic mass is 9.88. The van der Waals surface area contributed by atoms with Crippen molar-refractivity contribution in [1.82, 2.24) is 10.1 Å². The number of ether oxygens (including phenoxy) is 1. The highest BCUT2D eigenvalue weighted by molar-refractivity contribution is 6.14. The summed E-state index contributed by atoms with van der Waals surface area (Å²) in [5.74, 6) is 0.682. The summed E-state index contributed by atoms with van der Waals surface area (Å²) in [6.45, 7) is 2.83. The number of hydrogen-bond donors (Lipinski definition) is 0. The molecule has 0 fully saturated rings. The van der Waals surface area contributed by atoms with Crippen LogP contribution in [0.5, 0.6) is 0 Å².